The fourth-order valence-electron chi connectivity index (χ4n) is 0.679. The molecule has 0 bridgehead atoms. The molecule has 0 aliphatic rings. The maximum atomic E-state index is 12.0. The van der Waals surface area contributed by atoms with Crippen LogP contribution in [0, 0.1) is 0 Å². The molecule has 0 atom stereocenters. The van der Waals surface area contributed by atoms with Crippen LogP contribution in [0.4, 0.5) is 13.2 Å². The third kappa shape index (κ3) is 2.28. The largest absolute Gasteiger partial charge is 0.434 e. The number of aromatic nitrogens is 2. The Balaban J connectivity index is 3.14. The predicted octanol–water partition coefficient (Wildman–Crippen LogP) is 1.61. The van der Waals surface area contributed by atoms with E-state index in [9.17, 15) is 13.2 Å². The molecule has 0 unspecified atom stereocenters. The molecule has 3 nitrogen and oxygen atoms in total. The van der Waals surface area contributed by atoms with Gasteiger partial charge in [-0.1, -0.05) is 11.6 Å². The molecular weight excluding hydrogens is 207 g/mol. The summed E-state index contributed by atoms with van der Waals surface area (Å²) in [5.74, 6) is 0. The predicted molar refractivity (Wildman–Crippen MR) is 39.9 cm³/mol. The van der Waals surface area contributed by atoms with Crippen molar-refractivity contribution in [2.75, 3.05) is 0 Å². The Labute approximate surface area is 76.7 Å². The normalized spacial score (nSPS) is 11.8. The Morgan fingerprint density at radius 3 is 2.54 bits per heavy atom. The molecule has 7 heteroatoms. The second-order valence-corrected chi connectivity index (χ2v) is 2.55. The number of alkyl halides is 3. The topological polar surface area (TPSA) is 51.8 Å². The van der Waals surface area contributed by atoms with Crippen molar-refractivity contribution < 1.29 is 13.2 Å². The fourth-order valence-corrected chi connectivity index (χ4v) is 0.847. The molecule has 1 rings (SSSR count). The van der Waals surface area contributed by atoms with E-state index in [4.69, 9.17) is 17.3 Å². The van der Waals surface area contributed by atoms with Crippen molar-refractivity contribution >= 4 is 11.6 Å². The van der Waals surface area contributed by atoms with Crippen LogP contribution in [0.2, 0.25) is 5.15 Å². The van der Waals surface area contributed by atoms with Gasteiger partial charge in [-0.2, -0.15) is 13.2 Å². The third-order valence-electron chi connectivity index (χ3n) is 1.28. The van der Waals surface area contributed by atoms with Gasteiger partial charge in [0.1, 0.15) is 0 Å². The summed E-state index contributed by atoms with van der Waals surface area (Å²) in [7, 11) is 0. The van der Waals surface area contributed by atoms with Gasteiger partial charge < -0.3 is 5.73 Å². The van der Waals surface area contributed by atoms with Crippen LogP contribution in [0.3, 0.4) is 0 Å². The first-order valence-electron chi connectivity index (χ1n) is 3.24. The van der Waals surface area contributed by atoms with Crippen LogP contribution in [-0.4, -0.2) is 9.97 Å². The van der Waals surface area contributed by atoms with Crippen LogP contribution in [0.5, 0.6) is 0 Å². The molecule has 0 aliphatic heterocycles. The van der Waals surface area contributed by atoms with Gasteiger partial charge >= 0.3 is 6.18 Å². The van der Waals surface area contributed by atoms with Gasteiger partial charge in [-0.05, 0) is 0 Å². The molecule has 1 aromatic heterocycles. The number of rotatable bonds is 1. The summed E-state index contributed by atoms with van der Waals surface area (Å²) in [6.45, 7) is -0.171. The van der Waals surface area contributed by atoms with Gasteiger partial charge in [-0.15, -0.1) is 0 Å². The average molecular weight is 212 g/mol. The molecule has 1 aromatic rings. The quantitative estimate of drug-likeness (QED) is 0.768. The lowest BCUT2D eigenvalue weighted by molar-refractivity contribution is -0.141. The highest BCUT2D eigenvalue weighted by Gasteiger charge is 2.33. The summed E-state index contributed by atoms with van der Waals surface area (Å²) in [6, 6.07) is 0. The van der Waals surface area contributed by atoms with Crippen LogP contribution >= 0.6 is 11.6 Å². The van der Waals surface area contributed by atoms with Crippen molar-refractivity contribution in [3.05, 3.63) is 22.7 Å². The number of nitrogens with zero attached hydrogens (tertiary/aromatic N) is 2. The number of nitrogens with two attached hydrogens (primary N) is 1. The van der Waals surface area contributed by atoms with Crippen LogP contribution in [0.1, 0.15) is 11.4 Å². The maximum absolute atomic E-state index is 12.0. The average Bonchev–Trinajstić information content (AvgIpc) is 2.03. The highest BCUT2D eigenvalue weighted by atomic mass is 35.5. The molecule has 0 spiro atoms. The Morgan fingerprint density at radius 2 is 2.08 bits per heavy atom. The number of halogens is 4. The van der Waals surface area contributed by atoms with Crippen LogP contribution in [0.15, 0.2) is 6.20 Å². The first-order chi connectivity index (χ1) is 5.95. The summed E-state index contributed by atoms with van der Waals surface area (Å²) >= 11 is 5.43. The summed E-state index contributed by atoms with van der Waals surface area (Å²) in [4.78, 5) is 6.54. The van der Waals surface area contributed by atoms with Crippen molar-refractivity contribution in [1.29, 1.82) is 0 Å². The minimum atomic E-state index is -4.51. The van der Waals surface area contributed by atoms with E-state index in [1.165, 1.54) is 0 Å². The van der Waals surface area contributed by atoms with E-state index >= 15 is 0 Å². The zero-order valence-electron chi connectivity index (χ0n) is 6.27. The zero-order valence-corrected chi connectivity index (χ0v) is 7.02. The van der Waals surface area contributed by atoms with E-state index in [1.54, 1.807) is 0 Å². The van der Waals surface area contributed by atoms with Crippen LogP contribution in [-0.2, 0) is 12.7 Å². The van der Waals surface area contributed by atoms with Crippen LogP contribution in [0.25, 0.3) is 0 Å². The van der Waals surface area contributed by atoms with E-state index in [0.29, 0.717) is 6.20 Å². The molecule has 0 saturated heterocycles. The number of hydrogen-bond acceptors (Lipinski definition) is 3. The molecule has 13 heavy (non-hydrogen) atoms. The smallest absolute Gasteiger partial charge is 0.325 e. The summed E-state index contributed by atoms with van der Waals surface area (Å²) < 4.78 is 36.1. The molecule has 0 radical (unpaired) electrons. The second kappa shape index (κ2) is 3.47. The van der Waals surface area contributed by atoms with Gasteiger partial charge in [0.15, 0.2) is 10.8 Å². The fraction of sp³-hybridized carbons (Fsp3) is 0.333. The molecule has 72 valence electrons. The van der Waals surface area contributed by atoms with Crippen molar-refractivity contribution in [2.24, 2.45) is 5.73 Å². The highest BCUT2D eigenvalue weighted by molar-refractivity contribution is 6.29. The zero-order chi connectivity index (χ0) is 10.1. The van der Waals surface area contributed by atoms with E-state index in [-0.39, 0.29) is 17.4 Å². The van der Waals surface area contributed by atoms with Crippen molar-refractivity contribution in [1.82, 2.24) is 9.97 Å². The van der Waals surface area contributed by atoms with E-state index in [1.807, 2.05) is 0 Å². The lowest BCUT2D eigenvalue weighted by Gasteiger charge is -2.06. The minimum Gasteiger partial charge on any atom is -0.325 e. The monoisotopic (exact) mass is 211 g/mol. The Bertz CT molecular complexity index is 312. The van der Waals surface area contributed by atoms with Gasteiger partial charge in [-0.3, -0.25) is 0 Å². The first kappa shape index (κ1) is 10.2. The van der Waals surface area contributed by atoms with Gasteiger partial charge in [-0.25, -0.2) is 9.97 Å². The maximum Gasteiger partial charge on any atom is 0.434 e. The Kier molecular flexibility index (Phi) is 2.72. The highest BCUT2D eigenvalue weighted by Crippen LogP contribution is 2.27. The van der Waals surface area contributed by atoms with Crippen molar-refractivity contribution in [3.8, 4) is 0 Å². The molecule has 0 fully saturated rings. The summed E-state index contributed by atoms with van der Waals surface area (Å²) in [5, 5.41) is -0.101. The lowest BCUT2D eigenvalue weighted by atomic mass is 10.4. The van der Waals surface area contributed by atoms with E-state index < -0.39 is 11.9 Å². The van der Waals surface area contributed by atoms with E-state index in [2.05, 4.69) is 9.97 Å². The molecule has 0 aliphatic carbocycles. The van der Waals surface area contributed by atoms with Crippen LogP contribution < -0.4 is 5.73 Å². The number of hydrogen-bond donors (Lipinski definition) is 1. The SMILES string of the molecule is NCc1nc(C(F)(F)F)cnc1Cl. The molecule has 1 heterocycles. The first-order valence-corrected chi connectivity index (χ1v) is 3.61. The minimum absolute atomic E-state index is 0.0588. The molecule has 0 aromatic carbocycles. The molecule has 0 saturated carbocycles. The molecule has 0 amide bonds. The standard InChI is InChI=1S/C6H5ClF3N3/c7-5-3(1-11)13-4(2-12-5)6(8,9)10/h2H,1,11H2. The van der Waals surface area contributed by atoms with Gasteiger partial charge in [0.2, 0.25) is 0 Å². The van der Waals surface area contributed by atoms with Crippen molar-refractivity contribution in [3.63, 3.8) is 0 Å². The summed E-state index contributed by atoms with van der Waals surface area (Å²) in [5.41, 5.74) is 3.96. The summed E-state index contributed by atoms with van der Waals surface area (Å²) in [6.07, 6.45) is -3.94. The third-order valence-corrected chi connectivity index (χ3v) is 1.59. The molecule has 2 N–H and O–H groups in total. The second-order valence-electron chi connectivity index (χ2n) is 2.19. The molecular formula is C6H5ClF3N3. The van der Waals surface area contributed by atoms with E-state index in [0.717, 1.165) is 0 Å². The lowest BCUT2D eigenvalue weighted by Crippen LogP contribution is -2.12. The Morgan fingerprint density at radius 1 is 1.46 bits per heavy atom. The van der Waals surface area contributed by atoms with Gasteiger partial charge in [0.25, 0.3) is 0 Å². The van der Waals surface area contributed by atoms with Gasteiger partial charge in [0, 0.05) is 6.54 Å². The Hall–Kier alpha value is -0.880. The van der Waals surface area contributed by atoms with Crippen molar-refractivity contribution in [2.45, 2.75) is 12.7 Å². The van der Waals surface area contributed by atoms with Gasteiger partial charge in [0.05, 0.1) is 11.9 Å².